The van der Waals surface area contributed by atoms with E-state index < -0.39 is 0 Å². The van der Waals surface area contributed by atoms with Crippen molar-refractivity contribution in [2.24, 2.45) is 0 Å². The molecule has 0 radical (unpaired) electrons. The summed E-state index contributed by atoms with van der Waals surface area (Å²) in [5.41, 5.74) is 4.50. The van der Waals surface area contributed by atoms with Gasteiger partial charge in [-0.3, -0.25) is 4.79 Å². The maximum Gasteiger partial charge on any atom is 0.222 e. The third kappa shape index (κ3) is 3.22. The number of anilines is 1. The molecule has 0 amide bonds. The summed E-state index contributed by atoms with van der Waals surface area (Å²) >= 11 is 0. The fraction of sp³-hybridized carbons (Fsp3) is 0.300. The van der Waals surface area contributed by atoms with Crippen molar-refractivity contribution >= 4 is 11.5 Å². The number of allylic oxidation sites excluding steroid dienone is 2. The van der Waals surface area contributed by atoms with Gasteiger partial charge in [-0.2, -0.15) is 4.57 Å². The lowest BCUT2D eigenvalue weighted by molar-refractivity contribution is -0.684. The van der Waals surface area contributed by atoms with Crippen LogP contribution in [0.2, 0.25) is 0 Å². The molecule has 3 nitrogen and oxygen atoms in total. The zero-order chi connectivity index (χ0) is 16.6. The summed E-state index contributed by atoms with van der Waals surface area (Å²) in [6.45, 7) is 6.75. The molecule has 2 heterocycles. The minimum absolute atomic E-state index is 0. The van der Waals surface area contributed by atoms with Gasteiger partial charge in [0.1, 0.15) is 0 Å². The molecule has 0 saturated heterocycles. The van der Waals surface area contributed by atoms with Gasteiger partial charge < -0.3 is 17.3 Å². The molecule has 3 rings (SSSR count). The molecule has 0 saturated carbocycles. The molecule has 1 aliphatic heterocycles. The Kier molecular flexibility index (Phi) is 5.14. The summed E-state index contributed by atoms with van der Waals surface area (Å²) in [4.78, 5) is 14.7. The Labute approximate surface area is 150 Å². The van der Waals surface area contributed by atoms with Crippen LogP contribution in [0.25, 0.3) is 0 Å². The van der Waals surface area contributed by atoms with Gasteiger partial charge >= 0.3 is 0 Å². The van der Waals surface area contributed by atoms with Gasteiger partial charge in [-0.05, 0) is 24.6 Å². The highest BCUT2D eigenvalue weighted by Crippen LogP contribution is 2.46. The summed E-state index contributed by atoms with van der Waals surface area (Å²) in [5, 5.41) is 0. The van der Waals surface area contributed by atoms with Crippen molar-refractivity contribution < 1.29 is 21.8 Å². The molecule has 2 aromatic rings. The molecular formula is C20H23ClN2O. The predicted molar refractivity (Wildman–Crippen MR) is 92.3 cm³/mol. The lowest BCUT2D eigenvalue weighted by Gasteiger charge is -2.23. The van der Waals surface area contributed by atoms with Crippen LogP contribution < -0.4 is 21.9 Å². The number of carbonyl (C=O) groups is 1. The molecule has 0 bridgehead atoms. The number of aromatic nitrogens is 1. The van der Waals surface area contributed by atoms with Gasteiger partial charge in [0.05, 0.1) is 0 Å². The van der Waals surface area contributed by atoms with E-state index >= 15 is 0 Å². The zero-order valence-corrected chi connectivity index (χ0v) is 15.3. The lowest BCUT2D eigenvalue weighted by Crippen LogP contribution is -3.00. The van der Waals surface area contributed by atoms with Gasteiger partial charge in [0.25, 0.3) is 0 Å². The van der Waals surface area contributed by atoms with Crippen molar-refractivity contribution in [2.45, 2.75) is 32.7 Å². The normalized spacial score (nSPS) is 16.7. The van der Waals surface area contributed by atoms with Crippen molar-refractivity contribution in [1.82, 2.24) is 0 Å². The summed E-state index contributed by atoms with van der Waals surface area (Å²) < 4.78 is 1.93. The molecule has 0 fully saturated rings. The Bertz CT molecular complexity index is 796. The van der Waals surface area contributed by atoms with E-state index in [-0.39, 0.29) is 23.6 Å². The summed E-state index contributed by atoms with van der Waals surface area (Å²) in [5.74, 6) is 0.114. The maximum absolute atomic E-state index is 12.5. The van der Waals surface area contributed by atoms with Crippen LogP contribution in [0.5, 0.6) is 0 Å². The Balaban J connectivity index is 0.00000208. The Morgan fingerprint density at radius 3 is 2.58 bits per heavy atom. The zero-order valence-electron chi connectivity index (χ0n) is 14.6. The number of ketones is 1. The second kappa shape index (κ2) is 6.78. The molecule has 0 spiro atoms. The van der Waals surface area contributed by atoms with Gasteiger partial charge in [-0.1, -0.05) is 32.0 Å². The van der Waals surface area contributed by atoms with E-state index in [0.29, 0.717) is 6.54 Å². The number of nitrogens with zero attached hydrogens (tertiary/aromatic N) is 2. The first kappa shape index (κ1) is 18.2. The molecule has 0 aliphatic carbocycles. The van der Waals surface area contributed by atoms with E-state index in [1.807, 2.05) is 49.1 Å². The summed E-state index contributed by atoms with van der Waals surface area (Å²) in [6.07, 6.45) is 5.73. The minimum atomic E-state index is -0.154. The third-order valence-electron chi connectivity index (χ3n) is 4.58. The van der Waals surface area contributed by atoms with Crippen LogP contribution >= 0.6 is 0 Å². The van der Waals surface area contributed by atoms with Crippen LogP contribution in [-0.2, 0) is 16.8 Å². The molecule has 24 heavy (non-hydrogen) atoms. The largest absolute Gasteiger partial charge is 1.00 e. The Morgan fingerprint density at radius 1 is 1.21 bits per heavy atom. The van der Waals surface area contributed by atoms with Crippen LogP contribution in [0.15, 0.2) is 60.6 Å². The van der Waals surface area contributed by atoms with Crippen molar-refractivity contribution in [3.8, 4) is 0 Å². The first-order valence-electron chi connectivity index (χ1n) is 7.93. The van der Waals surface area contributed by atoms with Crippen LogP contribution in [0, 0.1) is 6.92 Å². The standard InChI is InChI=1S/C20H23N2O.ClH/c1-15-8-7-11-22(13-15)14-16(23)12-19-20(2,3)17-9-5-6-10-18(17)21(19)4;/h5-13H,14H2,1-4H3;1H/q+1;/p-1. The molecule has 0 atom stereocenters. The topological polar surface area (TPSA) is 24.2 Å². The molecule has 4 heteroatoms. The number of aryl methyl sites for hydroxylation is 1. The third-order valence-corrected chi connectivity index (χ3v) is 4.58. The molecular weight excluding hydrogens is 320 g/mol. The number of benzene rings is 1. The molecule has 0 N–H and O–H groups in total. The van der Waals surface area contributed by atoms with E-state index in [1.165, 1.54) is 11.3 Å². The number of hydrogen-bond acceptors (Lipinski definition) is 2. The van der Waals surface area contributed by atoms with E-state index in [0.717, 1.165) is 11.3 Å². The van der Waals surface area contributed by atoms with E-state index in [4.69, 9.17) is 0 Å². The number of halogens is 1. The number of hydrogen-bond donors (Lipinski definition) is 0. The van der Waals surface area contributed by atoms with Crippen LogP contribution in [-0.4, -0.2) is 12.8 Å². The number of likely N-dealkylation sites (N-methyl/N-ethyl adjacent to an activating group) is 1. The second-order valence-corrected chi connectivity index (χ2v) is 6.75. The molecule has 1 aromatic heterocycles. The van der Waals surface area contributed by atoms with E-state index in [2.05, 4.69) is 36.9 Å². The number of fused-ring (bicyclic) bond motifs is 1. The highest BCUT2D eigenvalue weighted by molar-refractivity contribution is 5.91. The number of rotatable bonds is 3. The van der Waals surface area contributed by atoms with E-state index in [1.54, 1.807) is 6.08 Å². The van der Waals surface area contributed by atoms with Gasteiger partial charge in [0, 0.05) is 41.6 Å². The fourth-order valence-corrected chi connectivity index (χ4v) is 3.39. The van der Waals surface area contributed by atoms with Gasteiger partial charge in [0.15, 0.2) is 12.4 Å². The average molecular weight is 343 g/mol. The van der Waals surface area contributed by atoms with Crippen molar-refractivity contribution in [3.63, 3.8) is 0 Å². The minimum Gasteiger partial charge on any atom is -1.00 e. The molecule has 126 valence electrons. The predicted octanol–water partition coefficient (Wildman–Crippen LogP) is 0.167. The van der Waals surface area contributed by atoms with Crippen molar-refractivity contribution in [2.75, 3.05) is 11.9 Å². The van der Waals surface area contributed by atoms with Crippen LogP contribution in [0.4, 0.5) is 5.69 Å². The highest BCUT2D eigenvalue weighted by atomic mass is 35.5. The summed E-state index contributed by atoms with van der Waals surface area (Å²) in [7, 11) is 2.03. The Morgan fingerprint density at radius 2 is 1.92 bits per heavy atom. The smallest absolute Gasteiger partial charge is 0.222 e. The molecule has 1 aliphatic rings. The monoisotopic (exact) mass is 342 g/mol. The van der Waals surface area contributed by atoms with Crippen LogP contribution in [0.3, 0.4) is 0 Å². The quantitative estimate of drug-likeness (QED) is 0.586. The maximum atomic E-state index is 12.5. The van der Waals surface area contributed by atoms with Crippen molar-refractivity contribution in [3.05, 3.63) is 71.7 Å². The number of para-hydroxylation sites is 1. The lowest BCUT2D eigenvalue weighted by atomic mass is 9.83. The van der Waals surface area contributed by atoms with Crippen LogP contribution in [0.1, 0.15) is 25.0 Å². The fourth-order valence-electron chi connectivity index (χ4n) is 3.39. The highest BCUT2D eigenvalue weighted by Gasteiger charge is 2.38. The summed E-state index contributed by atoms with van der Waals surface area (Å²) in [6, 6.07) is 12.4. The molecule has 0 unspecified atom stereocenters. The Hall–Kier alpha value is -2.13. The SMILES string of the molecule is Cc1ccc[n+](CC(=O)C=C2N(C)c3ccccc3C2(C)C)c1.[Cl-]. The second-order valence-electron chi connectivity index (χ2n) is 6.75. The van der Waals surface area contributed by atoms with Crippen molar-refractivity contribution in [1.29, 1.82) is 0 Å². The van der Waals surface area contributed by atoms with Gasteiger partial charge in [0.2, 0.25) is 12.3 Å². The van der Waals surface area contributed by atoms with Gasteiger partial charge in [-0.25, -0.2) is 0 Å². The first-order chi connectivity index (χ1) is 10.9. The number of pyridine rings is 1. The first-order valence-corrected chi connectivity index (χ1v) is 7.93. The molecule has 1 aromatic carbocycles. The number of carbonyl (C=O) groups excluding carboxylic acids is 1. The van der Waals surface area contributed by atoms with Gasteiger partial charge in [-0.15, -0.1) is 0 Å². The van der Waals surface area contributed by atoms with E-state index in [9.17, 15) is 4.79 Å². The average Bonchev–Trinajstić information content (AvgIpc) is 2.69.